The largest absolute Gasteiger partial charge is 0.379 e. The molecule has 0 aromatic rings. The SMILES string of the molecule is O=C(CNN1CCOCC1)N1CCCCC1. The Morgan fingerprint density at radius 3 is 2.44 bits per heavy atom. The van der Waals surface area contributed by atoms with Crippen LogP contribution >= 0.6 is 0 Å². The first-order valence-electron chi connectivity index (χ1n) is 6.20. The second-order valence-corrected chi connectivity index (χ2v) is 4.38. The molecule has 5 heteroatoms. The molecule has 16 heavy (non-hydrogen) atoms. The molecule has 0 bridgehead atoms. The van der Waals surface area contributed by atoms with Crippen molar-refractivity contribution < 1.29 is 9.53 Å². The molecule has 2 aliphatic rings. The second kappa shape index (κ2) is 6.18. The molecule has 5 nitrogen and oxygen atoms in total. The van der Waals surface area contributed by atoms with E-state index < -0.39 is 0 Å². The number of rotatable bonds is 3. The van der Waals surface area contributed by atoms with E-state index in [1.807, 2.05) is 4.90 Å². The van der Waals surface area contributed by atoms with Gasteiger partial charge >= 0.3 is 0 Å². The maximum Gasteiger partial charge on any atom is 0.237 e. The van der Waals surface area contributed by atoms with Gasteiger partial charge in [-0.1, -0.05) is 0 Å². The van der Waals surface area contributed by atoms with E-state index in [0.29, 0.717) is 6.54 Å². The molecule has 1 N–H and O–H groups in total. The van der Waals surface area contributed by atoms with E-state index in [0.717, 1.165) is 52.2 Å². The first-order chi connectivity index (χ1) is 7.86. The lowest BCUT2D eigenvalue weighted by atomic mass is 10.1. The highest BCUT2D eigenvalue weighted by Gasteiger charge is 2.17. The highest BCUT2D eigenvalue weighted by molar-refractivity contribution is 5.78. The summed E-state index contributed by atoms with van der Waals surface area (Å²) in [6.45, 7) is 5.55. The van der Waals surface area contributed by atoms with Crippen molar-refractivity contribution >= 4 is 5.91 Å². The highest BCUT2D eigenvalue weighted by atomic mass is 16.5. The number of hydrogen-bond acceptors (Lipinski definition) is 4. The Hall–Kier alpha value is -0.650. The van der Waals surface area contributed by atoms with Crippen LogP contribution in [0.4, 0.5) is 0 Å². The van der Waals surface area contributed by atoms with Crippen LogP contribution in [-0.4, -0.2) is 61.8 Å². The lowest BCUT2D eigenvalue weighted by molar-refractivity contribution is -0.132. The summed E-state index contributed by atoms with van der Waals surface area (Å²) in [5, 5.41) is 2.07. The van der Waals surface area contributed by atoms with Crippen molar-refractivity contribution in [3.63, 3.8) is 0 Å². The number of nitrogens with zero attached hydrogens (tertiary/aromatic N) is 2. The molecule has 2 rings (SSSR count). The molecule has 2 aliphatic heterocycles. The lowest BCUT2D eigenvalue weighted by Gasteiger charge is -2.30. The van der Waals surface area contributed by atoms with Gasteiger partial charge in [0.1, 0.15) is 0 Å². The molecule has 0 unspecified atom stereocenters. The van der Waals surface area contributed by atoms with E-state index in [9.17, 15) is 4.79 Å². The Balaban J connectivity index is 1.65. The van der Waals surface area contributed by atoms with Gasteiger partial charge in [-0.25, -0.2) is 10.4 Å². The molecule has 0 radical (unpaired) electrons. The van der Waals surface area contributed by atoms with Gasteiger partial charge in [-0.2, -0.15) is 0 Å². The number of ether oxygens (including phenoxy) is 1. The van der Waals surface area contributed by atoms with E-state index in [-0.39, 0.29) is 5.91 Å². The van der Waals surface area contributed by atoms with Gasteiger partial charge < -0.3 is 9.64 Å². The van der Waals surface area contributed by atoms with Crippen LogP contribution in [0.25, 0.3) is 0 Å². The van der Waals surface area contributed by atoms with Crippen LogP contribution in [0.1, 0.15) is 19.3 Å². The fourth-order valence-corrected chi connectivity index (χ4v) is 2.16. The quantitative estimate of drug-likeness (QED) is 0.727. The average Bonchev–Trinajstić information content (AvgIpc) is 2.38. The lowest BCUT2D eigenvalue weighted by Crippen LogP contribution is -2.50. The molecule has 2 heterocycles. The third-order valence-electron chi connectivity index (χ3n) is 3.17. The van der Waals surface area contributed by atoms with Gasteiger partial charge in [-0.3, -0.25) is 4.79 Å². The van der Waals surface area contributed by atoms with Crippen molar-refractivity contribution in [3.05, 3.63) is 0 Å². The standard InChI is InChI=1S/C11H21N3O2/c15-11(13-4-2-1-3-5-13)10-12-14-6-8-16-9-7-14/h12H,1-10H2. The number of hydrazine groups is 1. The van der Waals surface area contributed by atoms with Gasteiger partial charge in [0.15, 0.2) is 0 Å². The zero-order valence-corrected chi connectivity index (χ0v) is 9.78. The summed E-state index contributed by atoms with van der Waals surface area (Å²) in [5.41, 5.74) is 3.18. The summed E-state index contributed by atoms with van der Waals surface area (Å²) in [5.74, 6) is 0.228. The Morgan fingerprint density at radius 2 is 1.75 bits per heavy atom. The summed E-state index contributed by atoms with van der Waals surface area (Å²) in [6, 6.07) is 0. The summed E-state index contributed by atoms with van der Waals surface area (Å²) < 4.78 is 5.25. The van der Waals surface area contributed by atoms with Crippen LogP contribution < -0.4 is 5.43 Å². The summed E-state index contributed by atoms with van der Waals surface area (Å²) in [6.07, 6.45) is 3.58. The number of carbonyl (C=O) groups is 1. The van der Waals surface area contributed by atoms with E-state index in [2.05, 4.69) is 10.4 Å². The Morgan fingerprint density at radius 1 is 1.06 bits per heavy atom. The van der Waals surface area contributed by atoms with Crippen LogP contribution in [0.15, 0.2) is 0 Å². The number of likely N-dealkylation sites (tertiary alicyclic amines) is 1. The predicted molar refractivity (Wildman–Crippen MR) is 60.8 cm³/mol. The molecule has 0 spiro atoms. The van der Waals surface area contributed by atoms with Gasteiger partial charge in [0.25, 0.3) is 0 Å². The normalized spacial score (nSPS) is 23.4. The van der Waals surface area contributed by atoms with Crippen LogP contribution in [0.3, 0.4) is 0 Å². The van der Waals surface area contributed by atoms with E-state index in [4.69, 9.17) is 4.74 Å². The maximum absolute atomic E-state index is 11.8. The van der Waals surface area contributed by atoms with Crippen molar-refractivity contribution in [2.75, 3.05) is 45.9 Å². The van der Waals surface area contributed by atoms with Gasteiger partial charge in [0.05, 0.1) is 19.8 Å². The molecular formula is C11H21N3O2. The number of hydrogen-bond donors (Lipinski definition) is 1. The molecule has 0 aromatic heterocycles. The van der Waals surface area contributed by atoms with Crippen molar-refractivity contribution in [2.45, 2.75) is 19.3 Å². The molecular weight excluding hydrogens is 206 g/mol. The van der Waals surface area contributed by atoms with Crippen LogP contribution in [0.2, 0.25) is 0 Å². The minimum atomic E-state index is 0.228. The van der Waals surface area contributed by atoms with Gasteiger partial charge in [0.2, 0.25) is 5.91 Å². The Labute approximate surface area is 96.7 Å². The van der Waals surface area contributed by atoms with E-state index in [1.165, 1.54) is 6.42 Å². The van der Waals surface area contributed by atoms with Crippen LogP contribution in [-0.2, 0) is 9.53 Å². The Kier molecular flexibility index (Phi) is 4.56. The second-order valence-electron chi connectivity index (χ2n) is 4.38. The number of carbonyl (C=O) groups excluding carboxylic acids is 1. The molecule has 92 valence electrons. The summed E-state index contributed by atoms with van der Waals surface area (Å²) >= 11 is 0. The molecule has 2 saturated heterocycles. The number of nitrogens with one attached hydrogen (secondary N) is 1. The minimum absolute atomic E-state index is 0.228. The number of morpholine rings is 1. The van der Waals surface area contributed by atoms with Crippen LogP contribution in [0, 0.1) is 0 Å². The van der Waals surface area contributed by atoms with Crippen molar-refractivity contribution in [3.8, 4) is 0 Å². The third-order valence-corrected chi connectivity index (χ3v) is 3.17. The van der Waals surface area contributed by atoms with Gasteiger partial charge in [-0.15, -0.1) is 0 Å². The monoisotopic (exact) mass is 227 g/mol. The fourth-order valence-electron chi connectivity index (χ4n) is 2.16. The molecule has 0 aromatic carbocycles. The number of amides is 1. The third kappa shape index (κ3) is 3.43. The first kappa shape index (κ1) is 11.8. The fraction of sp³-hybridized carbons (Fsp3) is 0.909. The molecule has 0 saturated carbocycles. The van der Waals surface area contributed by atoms with Crippen molar-refractivity contribution in [1.29, 1.82) is 0 Å². The zero-order valence-electron chi connectivity index (χ0n) is 9.78. The first-order valence-corrected chi connectivity index (χ1v) is 6.20. The van der Waals surface area contributed by atoms with Crippen LogP contribution in [0.5, 0.6) is 0 Å². The molecule has 0 atom stereocenters. The predicted octanol–water partition coefficient (Wildman–Crippen LogP) is -0.164. The molecule has 2 fully saturated rings. The highest BCUT2D eigenvalue weighted by Crippen LogP contribution is 2.08. The summed E-state index contributed by atoms with van der Waals surface area (Å²) in [7, 11) is 0. The maximum atomic E-state index is 11.8. The average molecular weight is 227 g/mol. The molecule has 0 aliphatic carbocycles. The van der Waals surface area contributed by atoms with Crippen molar-refractivity contribution in [2.24, 2.45) is 0 Å². The Bertz CT molecular complexity index is 223. The minimum Gasteiger partial charge on any atom is -0.379 e. The summed E-state index contributed by atoms with van der Waals surface area (Å²) in [4.78, 5) is 13.8. The molecule has 1 amide bonds. The zero-order chi connectivity index (χ0) is 11.2. The van der Waals surface area contributed by atoms with Gasteiger partial charge in [-0.05, 0) is 19.3 Å². The smallest absolute Gasteiger partial charge is 0.237 e. The number of piperidine rings is 1. The van der Waals surface area contributed by atoms with E-state index in [1.54, 1.807) is 0 Å². The van der Waals surface area contributed by atoms with Crippen molar-refractivity contribution in [1.82, 2.24) is 15.3 Å². The van der Waals surface area contributed by atoms with Gasteiger partial charge in [0, 0.05) is 26.2 Å². The van der Waals surface area contributed by atoms with E-state index >= 15 is 0 Å². The topological polar surface area (TPSA) is 44.8 Å².